The summed E-state index contributed by atoms with van der Waals surface area (Å²) in [6.07, 6.45) is -2.38. The minimum Gasteiger partial charge on any atom is -0.482 e. The molecule has 10 aliphatic carbocycles. The summed E-state index contributed by atoms with van der Waals surface area (Å²) in [7, 11) is 0. The van der Waals surface area contributed by atoms with Crippen molar-refractivity contribution in [2.24, 2.45) is 0 Å². The molecule has 5 aromatic carbocycles. The molecule has 450 valence electrons. The molecule has 0 aliphatic heterocycles. The molecular weight excluding hydrogens is 1140 g/mol. The Bertz CT molecular complexity index is 2700. The van der Waals surface area contributed by atoms with Gasteiger partial charge in [0.05, 0.1) is 0 Å². The highest BCUT2D eigenvalue weighted by atomic mass is 16.5. The van der Waals surface area contributed by atoms with Gasteiger partial charge in [-0.15, -0.1) is 0 Å². The Hall–Kier alpha value is -11.2. The molecule has 85 heavy (non-hydrogen) atoms. The molecule has 0 saturated heterocycles. The monoisotopic (exact) mass is 1190 g/mol. The van der Waals surface area contributed by atoms with Crippen molar-refractivity contribution >= 4 is 59.7 Å². The van der Waals surface area contributed by atoms with Crippen molar-refractivity contribution in [1.29, 1.82) is 0 Å². The fourth-order valence-corrected chi connectivity index (χ4v) is 8.37. The first kappa shape index (κ1) is 63.0. The molecule has 10 N–H and O–H groups in total. The SMILES string of the molecule is O=C(O)COc1cc2c(OCC(=O)O)cc1Cc1cc(OCC(=O)O)c(cc1OCC(=O)O)Cc1cc(OCC(=O)O)c(cc1OCC(=O)O)Cc1cc(OCC(=O)O)c(cc1OCC(=O)O)Cc1cc(OCC(=O)O)c(cc1OCC(=O)O)C2. The van der Waals surface area contributed by atoms with Crippen LogP contribution >= 0.6 is 0 Å². The van der Waals surface area contributed by atoms with Gasteiger partial charge in [-0.05, 0) is 60.7 Å². The van der Waals surface area contributed by atoms with Gasteiger partial charge in [0.15, 0.2) is 66.1 Å². The first-order chi connectivity index (χ1) is 40.3. The molecule has 0 heterocycles. The Morgan fingerprint density at radius 2 is 0.282 bits per heavy atom. The Morgan fingerprint density at radius 3 is 0.353 bits per heavy atom. The van der Waals surface area contributed by atoms with Crippen LogP contribution in [-0.4, -0.2) is 177 Å². The van der Waals surface area contributed by atoms with Crippen molar-refractivity contribution in [2.75, 3.05) is 66.1 Å². The summed E-state index contributed by atoms with van der Waals surface area (Å²) in [4.78, 5) is 121. The number of carboxylic acids is 10. The zero-order valence-corrected chi connectivity index (χ0v) is 44.0. The number of benzene rings is 5. The smallest absolute Gasteiger partial charge is 0.341 e. The largest absolute Gasteiger partial charge is 0.482 e. The van der Waals surface area contributed by atoms with E-state index in [1.165, 1.54) is 60.7 Å². The minimum atomic E-state index is -1.50. The highest BCUT2D eigenvalue weighted by Crippen LogP contribution is 2.43. The predicted octanol–water partition coefficient (Wildman–Crippen LogP) is 2.59. The van der Waals surface area contributed by atoms with E-state index in [-0.39, 0.29) is 113 Å². The van der Waals surface area contributed by atoms with Crippen molar-refractivity contribution in [1.82, 2.24) is 0 Å². The van der Waals surface area contributed by atoms with Gasteiger partial charge < -0.3 is 98.4 Å². The number of aliphatic carboxylic acids is 10. The summed E-state index contributed by atoms with van der Waals surface area (Å²) in [5, 5.41) is 98.0. The first-order valence-corrected chi connectivity index (χ1v) is 24.5. The van der Waals surface area contributed by atoms with Gasteiger partial charge in [0.2, 0.25) is 0 Å². The molecule has 15 rings (SSSR count). The van der Waals surface area contributed by atoms with Gasteiger partial charge in [0.1, 0.15) is 57.5 Å². The summed E-state index contributed by atoms with van der Waals surface area (Å²) in [6.45, 7) is -10.3. The van der Waals surface area contributed by atoms with E-state index in [2.05, 4.69) is 0 Å². The summed E-state index contributed by atoms with van der Waals surface area (Å²) in [5.74, 6) is -17.8. The van der Waals surface area contributed by atoms with E-state index >= 15 is 0 Å². The van der Waals surface area contributed by atoms with Gasteiger partial charge in [-0.25, -0.2) is 47.9 Å². The standard InChI is InChI=1S/C55H50O30/c56-46(57)16-76-36-8-28-2-30-10-42(82-22-52(68)69)32(12-40(30)80-20-50(64)65)4-34-14-45(85-25-55(74)75)35(15-44(34)84-24-54(72)73)5-33-13-41(81-21-51(66)67)31(11-43(33)83-23-53(70)71)3-29-9-37(77-17-47(58)59)27(7-39(29)79-19-49(62)63)1-26(36)6-38(28)78-18-48(60)61/h6-15H,1-5,16-25H2,(H,56,57)(H,58,59)(H,60,61)(H,62,63)(H,64,65)(H,66,67)(H,68,69)(H,70,71)(H,72,73)(H,74,75). The average molecular weight is 1190 g/mol. The van der Waals surface area contributed by atoms with Crippen LogP contribution in [0.15, 0.2) is 60.7 Å². The van der Waals surface area contributed by atoms with Crippen LogP contribution in [-0.2, 0) is 80.0 Å². The van der Waals surface area contributed by atoms with Crippen molar-refractivity contribution in [3.8, 4) is 57.5 Å². The lowest BCUT2D eigenvalue weighted by atomic mass is 9.94. The molecule has 10 aliphatic rings. The van der Waals surface area contributed by atoms with E-state index in [4.69, 9.17) is 47.4 Å². The van der Waals surface area contributed by atoms with Gasteiger partial charge in [-0.3, -0.25) is 0 Å². The Kier molecular flexibility index (Phi) is 21.5. The zero-order chi connectivity index (χ0) is 62.1. The average Bonchev–Trinajstić information content (AvgIpc) is 2.85. The highest BCUT2D eigenvalue weighted by molar-refractivity contribution is 5.74. The maximum absolute atomic E-state index is 12.1. The summed E-state index contributed by atoms with van der Waals surface area (Å²) < 4.78 is 57.5. The van der Waals surface area contributed by atoms with E-state index < -0.39 is 158 Å². The van der Waals surface area contributed by atoms with E-state index in [1.807, 2.05) is 0 Å². The Morgan fingerprint density at radius 1 is 0.200 bits per heavy atom. The minimum absolute atomic E-state index is 0.0325. The summed E-state index contributed by atoms with van der Waals surface area (Å²) in [5.41, 5.74) is -0.325. The number of hydrogen-bond donors (Lipinski definition) is 10. The lowest BCUT2D eigenvalue weighted by molar-refractivity contribution is -0.140. The molecule has 10 bridgehead atoms. The molecule has 0 radical (unpaired) electrons. The molecule has 30 nitrogen and oxygen atoms in total. The van der Waals surface area contributed by atoms with Crippen LogP contribution < -0.4 is 47.4 Å². The van der Waals surface area contributed by atoms with E-state index in [9.17, 15) is 99.0 Å². The zero-order valence-electron chi connectivity index (χ0n) is 44.0. The third-order valence-electron chi connectivity index (χ3n) is 11.6. The molecule has 0 fully saturated rings. The van der Waals surface area contributed by atoms with Crippen molar-refractivity contribution < 1.29 is 146 Å². The van der Waals surface area contributed by atoms with Crippen molar-refractivity contribution in [3.63, 3.8) is 0 Å². The van der Waals surface area contributed by atoms with Crippen LogP contribution in [0.2, 0.25) is 0 Å². The Labute approximate surface area is 476 Å². The molecular formula is C55H50O30. The number of carboxylic acid groups (broad SMARTS) is 10. The molecule has 30 heteroatoms. The molecule has 0 aromatic heterocycles. The van der Waals surface area contributed by atoms with Crippen LogP contribution in [0.5, 0.6) is 57.5 Å². The van der Waals surface area contributed by atoms with E-state index in [1.54, 1.807) is 0 Å². The van der Waals surface area contributed by atoms with Crippen LogP contribution in [0.4, 0.5) is 0 Å². The molecule has 0 unspecified atom stereocenters. The Balaban J connectivity index is 1.81. The number of ether oxygens (including phenoxy) is 10. The fraction of sp³-hybridized carbons (Fsp3) is 0.273. The van der Waals surface area contributed by atoms with Crippen LogP contribution in [0.25, 0.3) is 0 Å². The normalized spacial score (nSPS) is 11.5. The van der Waals surface area contributed by atoms with Gasteiger partial charge in [-0.2, -0.15) is 0 Å². The van der Waals surface area contributed by atoms with Gasteiger partial charge in [0.25, 0.3) is 0 Å². The quantitative estimate of drug-likeness (QED) is 0.0310. The van der Waals surface area contributed by atoms with E-state index in [0.29, 0.717) is 0 Å². The molecule has 5 aromatic rings. The fourth-order valence-electron chi connectivity index (χ4n) is 8.37. The lowest BCUT2D eigenvalue weighted by Gasteiger charge is -2.21. The van der Waals surface area contributed by atoms with E-state index in [0.717, 1.165) is 0 Å². The van der Waals surface area contributed by atoms with Crippen LogP contribution in [0.3, 0.4) is 0 Å². The summed E-state index contributed by atoms with van der Waals surface area (Å²) in [6, 6.07) is 12.0. The lowest BCUT2D eigenvalue weighted by Crippen LogP contribution is -2.15. The van der Waals surface area contributed by atoms with Crippen molar-refractivity contribution in [2.45, 2.75) is 32.1 Å². The van der Waals surface area contributed by atoms with Crippen LogP contribution in [0.1, 0.15) is 55.6 Å². The number of rotatable bonds is 30. The summed E-state index contributed by atoms with van der Waals surface area (Å²) >= 11 is 0. The second kappa shape index (κ2) is 29.0. The number of hydrogen-bond acceptors (Lipinski definition) is 20. The maximum Gasteiger partial charge on any atom is 0.341 e. The van der Waals surface area contributed by atoms with Crippen molar-refractivity contribution in [3.05, 3.63) is 116 Å². The maximum atomic E-state index is 12.1. The number of carbonyl (C=O) groups is 10. The second-order valence-corrected chi connectivity index (χ2v) is 18.0. The second-order valence-electron chi connectivity index (χ2n) is 18.0. The van der Waals surface area contributed by atoms with Crippen LogP contribution in [0, 0.1) is 0 Å². The topological polar surface area (TPSA) is 465 Å². The molecule has 0 amide bonds. The molecule has 0 spiro atoms. The predicted molar refractivity (Wildman–Crippen MR) is 278 cm³/mol. The highest BCUT2D eigenvalue weighted by Gasteiger charge is 2.27. The molecule has 0 saturated carbocycles. The third-order valence-corrected chi connectivity index (χ3v) is 11.6. The third kappa shape index (κ3) is 18.9. The van der Waals surface area contributed by atoms with Gasteiger partial charge in [-0.1, -0.05) is 0 Å². The van der Waals surface area contributed by atoms with Gasteiger partial charge >= 0.3 is 59.7 Å². The first-order valence-electron chi connectivity index (χ1n) is 24.5. The van der Waals surface area contributed by atoms with Gasteiger partial charge in [0, 0.05) is 87.7 Å². The molecule has 0 atom stereocenters.